The fraction of sp³-hybridized carbons (Fsp3) is 0.350. The second-order valence-electron chi connectivity index (χ2n) is 5.60. The highest BCUT2D eigenvalue weighted by Gasteiger charge is 2.18. The molecule has 2 rings (SSSR count). The van der Waals surface area contributed by atoms with Crippen LogP contribution in [0.2, 0.25) is 0 Å². The average molecular weight is 292 g/mol. The third kappa shape index (κ3) is 4.72. The molecular formula is C20H24N2. The fourth-order valence-corrected chi connectivity index (χ4v) is 2.66. The van der Waals surface area contributed by atoms with Crippen LogP contribution < -0.4 is 5.32 Å². The molecule has 0 spiro atoms. The van der Waals surface area contributed by atoms with Gasteiger partial charge in [-0.2, -0.15) is 5.26 Å². The molecule has 0 saturated carbocycles. The molecule has 2 nitrogen and oxygen atoms in total. The van der Waals surface area contributed by atoms with Gasteiger partial charge in [-0.15, -0.1) is 0 Å². The lowest BCUT2D eigenvalue weighted by Gasteiger charge is -2.23. The zero-order valence-corrected chi connectivity index (χ0v) is 13.2. The number of rotatable bonds is 8. The van der Waals surface area contributed by atoms with Gasteiger partial charge in [0.1, 0.15) is 0 Å². The summed E-state index contributed by atoms with van der Waals surface area (Å²) in [5.41, 5.74) is 2.40. The molecule has 1 unspecified atom stereocenters. The van der Waals surface area contributed by atoms with E-state index < -0.39 is 0 Å². The lowest BCUT2D eigenvalue weighted by molar-refractivity contribution is 0.493. The van der Waals surface area contributed by atoms with Crippen molar-refractivity contribution >= 4 is 0 Å². The van der Waals surface area contributed by atoms with Gasteiger partial charge in [-0.1, -0.05) is 86.8 Å². The van der Waals surface area contributed by atoms with E-state index >= 15 is 0 Å². The summed E-state index contributed by atoms with van der Waals surface area (Å²) in [4.78, 5) is 0. The van der Waals surface area contributed by atoms with Crippen molar-refractivity contribution in [3.63, 3.8) is 0 Å². The molecule has 114 valence electrons. The number of hydrogen-bond donors (Lipinski definition) is 1. The van der Waals surface area contributed by atoms with Crippen molar-refractivity contribution in [3.05, 3.63) is 71.8 Å². The molecule has 0 amide bonds. The maximum Gasteiger partial charge on any atom is 0.0960 e. The molecule has 0 heterocycles. The Balaban J connectivity index is 2.16. The Labute approximate surface area is 133 Å². The van der Waals surface area contributed by atoms with Crippen LogP contribution in [-0.2, 0) is 0 Å². The molecule has 0 bridgehead atoms. The van der Waals surface area contributed by atoms with Gasteiger partial charge in [0.25, 0.3) is 0 Å². The Bertz CT molecular complexity index is 532. The van der Waals surface area contributed by atoms with Crippen LogP contribution in [0.1, 0.15) is 49.8 Å². The van der Waals surface area contributed by atoms with Crippen molar-refractivity contribution < 1.29 is 0 Å². The summed E-state index contributed by atoms with van der Waals surface area (Å²) in [6.07, 6.45) is 4.36. The van der Waals surface area contributed by atoms with Gasteiger partial charge >= 0.3 is 0 Å². The second-order valence-corrected chi connectivity index (χ2v) is 5.60. The van der Waals surface area contributed by atoms with E-state index in [-0.39, 0.29) is 12.1 Å². The van der Waals surface area contributed by atoms with E-state index in [1.165, 1.54) is 24.0 Å². The molecule has 2 aromatic rings. The molecule has 0 aliphatic heterocycles. The highest BCUT2D eigenvalue weighted by atomic mass is 14.9. The van der Waals surface area contributed by atoms with Gasteiger partial charge in [-0.05, 0) is 17.5 Å². The summed E-state index contributed by atoms with van der Waals surface area (Å²) in [5, 5.41) is 13.0. The van der Waals surface area contributed by atoms with Crippen LogP contribution >= 0.6 is 0 Å². The van der Waals surface area contributed by atoms with Crippen LogP contribution in [0.3, 0.4) is 0 Å². The second kappa shape index (κ2) is 9.02. The molecule has 22 heavy (non-hydrogen) atoms. The minimum atomic E-state index is -0.114. The highest BCUT2D eigenvalue weighted by Crippen LogP contribution is 2.23. The van der Waals surface area contributed by atoms with Crippen LogP contribution in [0.25, 0.3) is 0 Å². The van der Waals surface area contributed by atoms with Gasteiger partial charge in [0, 0.05) is 0 Å². The molecule has 0 aliphatic rings. The molecule has 0 aromatic heterocycles. The maximum absolute atomic E-state index is 9.46. The first-order valence-corrected chi connectivity index (χ1v) is 8.10. The van der Waals surface area contributed by atoms with Gasteiger partial charge in [0.2, 0.25) is 0 Å². The van der Waals surface area contributed by atoms with Crippen LogP contribution in [0, 0.1) is 11.3 Å². The van der Waals surface area contributed by atoms with E-state index in [0.29, 0.717) is 0 Å². The van der Waals surface area contributed by atoms with E-state index in [9.17, 15) is 5.26 Å². The number of nitriles is 1. The molecule has 2 aromatic carbocycles. The smallest absolute Gasteiger partial charge is 0.0960 e. The molecule has 0 fully saturated rings. The lowest BCUT2D eigenvalue weighted by Crippen LogP contribution is -2.32. The monoisotopic (exact) mass is 292 g/mol. The summed E-state index contributed by atoms with van der Waals surface area (Å²) in [6.45, 7) is 2.19. The van der Waals surface area contributed by atoms with Crippen molar-refractivity contribution in [2.45, 2.75) is 44.7 Å². The number of nitrogens with zero attached hydrogens (tertiary/aromatic N) is 1. The minimum absolute atomic E-state index is 0.0636. The number of hydrogen-bond acceptors (Lipinski definition) is 2. The quantitative estimate of drug-likeness (QED) is 0.707. The van der Waals surface area contributed by atoms with Gasteiger partial charge in [-0.3, -0.25) is 5.32 Å². The van der Waals surface area contributed by atoms with Gasteiger partial charge in [0.15, 0.2) is 0 Å². The van der Waals surface area contributed by atoms with Crippen molar-refractivity contribution in [2.24, 2.45) is 0 Å². The summed E-state index contributed by atoms with van der Waals surface area (Å²) in [5.74, 6) is 0. The average Bonchev–Trinajstić information content (AvgIpc) is 2.59. The topological polar surface area (TPSA) is 35.8 Å². The van der Waals surface area contributed by atoms with Crippen LogP contribution in [0.15, 0.2) is 60.7 Å². The molecule has 2 heteroatoms. The van der Waals surface area contributed by atoms with E-state index in [0.717, 1.165) is 12.8 Å². The molecule has 0 aliphatic carbocycles. The Kier molecular flexibility index (Phi) is 6.67. The molecule has 1 atom stereocenters. The van der Waals surface area contributed by atoms with Crippen LogP contribution in [0.5, 0.6) is 0 Å². The first-order valence-electron chi connectivity index (χ1n) is 8.10. The standard InChI is InChI=1S/C20H24N2/c1-2-3-6-15-19(16-21)22-20(17-11-7-4-8-12-17)18-13-9-5-10-14-18/h4-5,7-14,19-20,22H,2-3,6,15H2,1H3. The van der Waals surface area contributed by atoms with Crippen molar-refractivity contribution in [2.75, 3.05) is 0 Å². The Morgan fingerprint density at radius 3 is 1.91 bits per heavy atom. The third-order valence-electron chi connectivity index (χ3n) is 3.89. The predicted molar refractivity (Wildman–Crippen MR) is 91.4 cm³/mol. The third-order valence-corrected chi connectivity index (χ3v) is 3.89. The predicted octanol–water partition coefficient (Wildman–Crippen LogP) is 4.84. The number of nitrogens with one attached hydrogen (secondary N) is 1. The van der Waals surface area contributed by atoms with E-state index in [2.05, 4.69) is 42.6 Å². The maximum atomic E-state index is 9.46. The van der Waals surface area contributed by atoms with Crippen LogP contribution in [-0.4, -0.2) is 6.04 Å². The Hall–Kier alpha value is -2.11. The first kappa shape index (κ1) is 16.3. The van der Waals surface area contributed by atoms with Crippen molar-refractivity contribution in [3.8, 4) is 6.07 Å². The Morgan fingerprint density at radius 1 is 0.909 bits per heavy atom. The van der Waals surface area contributed by atoms with Gasteiger partial charge in [0.05, 0.1) is 18.2 Å². The summed E-state index contributed by atoms with van der Waals surface area (Å²) in [7, 11) is 0. The summed E-state index contributed by atoms with van der Waals surface area (Å²) in [6, 6.07) is 23.1. The van der Waals surface area contributed by atoms with Crippen molar-refractivity contribution in [1.82, 2.24) is 5.32 Å². The zero-order valence-electron chi connectivity index (χ0n) is 13.2. The zero-order chi connectivity index (χ0) is 15.6. The van der Waals surface area contributed by atoms with E-state index in [1.807, 2.05) is 36.4 Å². The number of unbranched alkanes of at least 4 members (excludes halogenated alkanes) is 2. The molecule has 0 saturated heterocycles. The number of benzene rings is 2. The SMILES string of the molecule is CCCCCC(C#N)NC(c1ccccc1)c1ccccc1. The minimum Gasteiger partial charge on any atom is -0.291 e. The van der Waals surface area contributed by atoms with Gasteiger partial charge < -0.3 is 0 Å². The molecular weight excluding hydrogens is 268 g/mol. The Morgan fingerprint density at radius 2 is 1.45 bits per heavy atom. The van der Waals surface area contributed by atoms with Crippen molar-refractivity contribution in [1.29, 1.82) is 5.26 Å². The lowest BCUT2D eigenvalue weighted by atomic mass is 9.97. The van der Waals surface area contributed by atoms with Crippen LogP contribution in [0.4, 0.5) is 0 Å². The summed E-state index contributed by atoms with van der Waals surface area (Å²) < 4.78 is 0. The highest BCUT2D eigenvalue weighted by molar-refractivity contribution is 5.32. The van der Waals surface area contributed by atoms with Gasteiger partial charge in [-0.25, -0.2) is 0 Å². The summed E-state index contributed by atoms with van der Waals surface area (Å²) >= 11 is 0. The van der Waals surface area contributed by atoms with E-state index in [1.54, 1.807) is 0 Å². The molecule has 0 radical (unpaired) electrons. The first-order chi connectivity index (χ1) is 10.8. The normalized spacial score (nSPS) is 12.0. The fourth-order valence-electron chi connectivity index (χ4n) is 2.66. The largest absolute Gasteiger partial charge is 0.291 e. The van der Waals surface area contributed by atoms with E-state index in [4.69, 9.17) is 0 Å². The molecule has 1 N–H and O–H groups in total.